The van der Waals surface area contributed by atoms with Crippen LogP contribution < -0.4 is 10.1 Å². The maximum absolute atomic E-state index is 13.4. The Kier molecular flexibility index (Phi) is 9.19. The second-order valence-corrected chi connectivity index (χ2v) is 9.32. The predicted octanol–water partition coefficient (Wildman–Crippen LogP) is 5.59. The van der Waals surface area contributed by atoms with Crippen LogP contribution in [0, 0.1) is 13.8 Å². The smallest absolute Gasteiger partial charge is 0.261 e. The summed E-state index contributed by atoms with van der Waals surface area (Å²) in [5, 5.41) is 3.76. The molecule has 0 saturated heterocycles. The molecule has 33 heavy (non-hydrogen) atoms. The first-order valence-corrected chi connectivity index (χ1v) is 12.3. The number of amides is 2. The molecule has 5 nitrogen and oxygen atoms in total. The Morgan fingerprint density at radius 1 is 1.09 bits per heavy atom. The lowest BCUT2D eigenvalue weighted by atomic mass is 9.95. The van der Waals surface area contributed by atoms with Crippen molar-refractivity contribution in [1.82, 2.24) is 10.2 Å². The monoisotopic (exact) mass is 470 g/mol. The van der Waals surface area contributed by atoms with Crippen molar-refractivity contribution < 1.29 is 14.3 Å². The van der Waals surface area contributed by atoms with Crippen molar-refractivity contribution in [2.45, 2.75) is 77.9 Å². The third-order valence-electron chi connectivity index (χ3n) is 6.48. The number of hydrogen-bond donors (Lipinski definition) is 1. The zero-order chi connectivity index (χ0) is 23.8. The van der Waals surface area contributed by atoms with E-state index in [0.29, 0.717) is 17.2 Å². The van der Waals surface area contributed by atoms with E-state index in [0.717, 1.165) is 36.8 Å². The molecule has 2 aromatic rings. The molecule has 1 fully saturated rings. The lowest BCUT2D eigenvalue weighted by Gasteiger charge is -2.33. The SMILES string of the molecule is CC[C@@H](C(=O)NC1CCCCC1)N(Cc1ccccc1Cl)C(=O)COc1ccc(C)c(C)c1. The standard InChI is InChI=1S/C27H35ClN2O3/c1-4-25(27(32)29-22-11-6-5-7-12-22)30(17-21-10-8-9-13-24(21)28)26(31)18-33-23-15-14-19(2)20(3)16-23/h8-10,13-16,22,25H,4-7,11-12,17-18H2,1-3H3,(H,29,32)/t25-/m0/s1. The van der Waals surface area contributed by atoms with E-state index in [4.69, 9.17) is 16.3 Å². The number of nitrogens with one attached hydrogen (secondary N) is 1. The molecule has 2 amide bonds. The number of carbonyl (C=O) groups is 2. The molecule has 1 atom stereocenters. The number of hydrogen-bond acceptors (Lipinski definition) is 3. The van der Waals surface area contributed by atoms with Gasteiger partial charge in [0.1, 0.15) is 11.8 Å². The minimum atomic E-state index is -0.584. The molecule has 178 valence electrons. The summed E-state index contributed by atoms with van der Waals surface area (Å²) < 4.78 is 5.82. The fourth-order valence-corrected chi connectivity index (χ4v) is 4.50. The zero-order valence-corrected chi connectivity index (χ0v) is 20.7. The molecular formula is C27H35ClN2O3. The quantitative estimate of drug-likeness (QED) is 0.519. The highest BCUT2D eigenvalue weighted by atomic mass is 35.5. The van der Waals surface area contributed by atoms with Gasteiger partial charge in [-0.3, -0.25) is 9.59 Å². The van der Waals surface area contributed by atoms with Gasteiger partial charge in [-0.15, -0.1) is 0 Å². The van der Waals surface area contributed by atoms with E-state index >= 15 is 0 Å². The van der Waals surface area contributed by atoms with Gasteiger partial charge in [0.25, 0.3) is 5.91 Å². The van der Waals surface area contributed by atoms with Crippen LogP contribution in [-0.4, -0.2) is 35.4 Å². The van der Waals surface area contributed by atoms with Crippen LogP contribution >= 0.6 is 11.6 Å². The predicted molar refractivity (Wildman–Crippen MR) is 133 cm³/mol. The molecular weight excluding hydrogens is 436 g/mol. The van der Waals surface area contributed by atoms with Crippen LogP contribution in [0.4, 0.5) is 0 Å². The van der Waals surface area contributed by atoms with Crippen molar-refractivity contribution in [1.29, 1.82) is 0 Å². The Hall–Kier alpha value is -2.53. The average molecular weight is 471 g/mol. The first kappa shape index (κ1) is 25.1. The molecule has 1 aliphatic carbocycles. The van der Waals surface area contributed by atoms with Crippen LogP contribution in [-0.2, 0) is 16.1 Å². The minimum absolute atomic E-state index is 0.101. The first-order valence-electron chi connectivity index (χ1n) is 11.9. The Morgan fingerprint density at radius 3 is 2.48 bits per heavy atom. The van der Waals surface area contributed by atoms with Crippen molar-refractivity contribution in [3.8, 4) is 5.75 Å². The second-order valence-electron chi connectivity index (χ2n) is 8.92. The second kappa shape index (κ2) is 12.1. The third kappa shape index (κ3) is 6.97. The molecule has 0 aliphatic heterocycles. The van der Waals surface area contributed by atoms with Gasteiger partial charge in [-0.25, -0.2) is 0 Å². The molecule has 6 heteroatoms. The summed E-state index contributed by atoms with van der Waals surface area (Å²) in [6.07, 6.45) is 5.99. The van der Waals surface area contributed by atoms with Crippen LogP contribution in [0.5, 0.6) is 5.75 Å². The molecule has 2 aromatic carbocycles. The highest BCUT2D eigenvalue weighted by molar-refractivity contribution is 6.31. The van der Waals surface area contributed by atoms with Crippen LogP contribution in [0.25, 0.3) is 0 Å². The maximum Gasteiger partial charge on any atom is 0.261 e. The number of halogens is 1. The van der Waals surface area contributed by atoms with Gasteiger partial charge in [-0.2, -0.15) is 0 Å². The van der Waals surface area contributed by atoms with Gasteiger partial charge >= 0.3 is 0 Å². The van der Waals surface area contributed by atoms with E-state index in [1.54, 1.807) is 11.0 Å². The van der Waals surface area contributed by atoms with Crippen molar-refractivity contribution in [3.63, 3.8) is 0 Å². The van der Waals surface area contributed by atoms with E-state index < -0.39 is 6.04 Å². The van der Waals surface area contributed by atoms with Gasteiger partial charge in [-0.05, 0) is 68.0 Å². The Morgan fingerprint density at radius 2 is 1.82 bits per heavy atom. The Bertz CT molecular complexity index is 956. The summed E-state index contributed by atoms with van der Waals surface area (Å²) in [6.45, 7) is 6.09. The van der Waals surface area contributed by atoms with Crippen molar-refractivity contribution in [3.05, 3.63) is 64.2 Å². The summed E-state index contributed by atoms with van der Waals surface area (Å²) in [4.78, 5) is 28.2. The van der Waals surface area contributed by atoms with Crippen molar-refractivity contribution >= 4 is 23.4 Å². The lowest BCUT2D eigenvalue weighted by Crippen LogP contribution is -2.52. The number of ether oxygens (including phenoxy) is 1. The summed E-state index contributed by atoms with van der Waals surface area (Å²) in [5.41, 5.74) is 3.08. The largest absolute Gasteiger partial charge is 0.484 e. The molecule has 1 N–H and O–H groups in total. The highest BCUT2D eigenvalue weighted by Gasteiger charge is 2.31. The summed E-state index contributed by atoms with van der Waals surface area (Å²) in [5.74, 6) is 0.304. The van der Waals surface area contributed by atoms with Gasteiger partial charge in [0.15, 0.2) is 6.61 Å². The Labute approximate surface area is 202 Å². The molecule has 0 spiro atoms. The van der Waals surface area contributed by atoms with Crippen LogP contribution in [0.2, 0.25) is 5.02 Å². The van der Waals surface area contributed by atoms with E-state index in [-0.39, 0.29) is 31.0 Å². The highest BCUT2D eigenvalue weighted by Crippen LogP contribution is 2.22. The number of nitrogens with zero attached hydrogens (tertiary/aromatic N) is 1. The summed E-state index contributed by atoms with van der Waals surface area (Å²) >= 11 is 6.39. The maximum atomic E-state index is 13.4. The van der Waals surface area contributed by atoms with E-state index in [1.807, 2.05) is 57.2 Å². The van der Waals surface area contributed by atoms with Crippen LogP contribution in [0.3, 0.4) is 0 Å². The van der Waals surface area contributed by atoms with E-state index in [2.05, 4.69) is 5.32 Å². The molecule has 0 heterocycles. The summed E-state index contributed by atoms with van der Waals surface area (Å²) in [7, 11) is 0. The van der Waals surface area contributed by atoms with Crippen molar-refractivity contribution in [2.75, 3.05) is 6.61 Å². The minimum Gasteiger partial charge on any atom is -0.484 e. The van der Waals surface area contributed by atoms with Gasteiger partial charge in [0.05, 0.1) is 0 Å². The third-order valence-corrected chi connectivity index (χ3v) is 6.85. The molecule has 3 rings (SSSR count). The van der Waals surface area contributed by atoms with Crippen molar-refractivity contribution in [2.24, 2.45) is 0 Å². The van der Waals surface area contributed by atoms with Gasteiger partial charge in [-0.1, -0.05) is 62.1 Å². The number of rotatable bonds is 9. The molecule has 0 radical (unpaired) electrons. The fourth-order valence-electron chi connectivity index (χ4n) is 4.31. The summed E-state index contributed by atoms with van der Waals surface area (Å²) in [6, 6.07) is 12.8. The molecule has 0 unspecified atom stereocenters. The number of aryl methyl sites for hydroxylation is 2. The molecule has 1 aliphatic rings. The lowest BCUT2D eigenvalue weighted by molar-refractivity contribution is -0.143. The molecule has 0 bridgehead atoms. The topological polar surface area (TPSA) is 58.6 Å². The van der Waals surface area contributed by atoms with Gasteiger partial charge in [0.2, 0.25) is 5.91 Å². The first-order chi connectivity index (χ1) is 15.9. The number of benzene rings is 2. The molecule has 0 aromatic heterocycles. The number of carbonyl (C=O) groups excluding carboxylic acids is 2. The normalized spacial score (nSPS) is 15.0. The van der Waals surface area contributed by atoms with E-state index in [1.165, 1.54) is 12.0 Å². The van der Waals surface area contributed by atoms with Gasteiger partial charge < -0.3 is 15.0 Å². The zero-order valence-electron chi connectivity index (χ0n) is 19.9. The van der Waals surface area contributed by atoms with Crippen LogP contribution in [0.1, 0.15) is 62.1 Å². The van der Waals surface area contributed by atoms with E-state index in [9.17, 15) is 9.59 Å². The van der Waals surface area contributed by atoms with Gasteiger partial charge in [0, 0.05) is 17.6 Å². The molecule has 1 saturated carbocycles. The van der Waals surface area contributed by atoms with Crippen LogP contribution in [0.15, 0.2) is 42.5 Å². The fraction of sp³-hybridized carbons (Fsp3) is 0.481. The average Bonchev–Trinajstić information content (AvgIpc) is 2.81. The Balaban J connectivity index is 1.77.